The van der Waals surface area contributed by atoms with Crippen LogP contribution >= 0.6 is 0 Å². The van der Waals surface area contributed by atoms with Crippen molar-refractivity contribution in [2.45, 2.75) is 57.0 Å². The second kappa shape index (κ2) is 9.15. The summed E-state index contributed by atoms with van der Waals surface area (Å²) in [4.78, 5) is 50.8. The minimum Gasteiger partial charge on any atom is -0.497 e. The fourth-order valence-electron chi connectivity index (χ4n) is 4.06. The SMILES string of the molecule is CC[C@@]1(c2ccc(OC)cc2)NC(=O)N(CC(=O)NC(=O)NC2CCCCC2)C1=O. The first-order chi connectivity index (χ1) is 14.4. The van der Waals surface area contributed by atoms with Crippen LogP contribution in [0.15, 0.2) is 24.3 Å². The predicted molar refractivity (Wildman–Crippen MR) is 109 cm³/mol. The van der Waals surface area contributed by atoms with E-state index in [0.29, 0.717) is 17.7 Å². The molecule has 1 aliphatic heterocycles. The van der Waals surface area contributed by atoms with Crippen molar-refractivity contribution in [3.05, 3.63) is 29.8 Å². The highest BCUT2D eigenvalue weighted by atomic mass is 16.5. The predicted octanol–water partition coefficient (Wildman–Crippen LogP) is 2.01. The lowest BCUT2D eigenvalue weighted by Gasteiger charge is -2.26. The number of amides is 6. The van der Waals surface area contributed by atoms with Crippen LogP contribution in [0.3, 0.4) is 0 Å². The zero-order valence-electron chi connectivity index (χ0n) is 17.3. The molecule has 0 bridgehead atoms. The van der Waals surface area contributed by atoms with Crippen LogP contribution < -0.4 is 20.7 Å². The van der Waals surface area contributed by atoms with Crippen molar-refractivity contribution in [2.24, 2.45) is 0 Å². The Labute approximate surface area is 175 Å². The molecule has 1 aromatic carbocycles. The van der Waals surface area contributed by atoms with Crippen LogP contribution in [0.4, 0.5) is 9.59 Å². The Bertz CT molecular complexity index is 819. The van der Waals surface area contributed by atoms with E-state index in [1.807, 2.05) is 0 Å². The van der Waals surface area contributed by atoms with E-state index in [-0.39, 0.29) is 6.04 Å². The van der Waals surface area contributed by atoms with Gasteiger partial charge in [0.2, 0.25) is 5.91 Å². The van der Waals surface area contributed by atoms with Crippen molar-refractivity contribution in [3.8, 4) is 5.75 Å². The molecular weight excluding hydrogens is 388 g/mol. The molecule has 1 aromatic rings. The van der Waals surface area contributed by atoms with Crippen LogP contribution in [0.2, 0.25) is 0 Å². The van der Waals surface area contributed by atoms with E-state index in [9.17, 15) is 19.2 Å². The third-order valence-corrected chi connectivity index (χ3v) is 5.78. The summed E-state index contributed by atoms with van der Waals surface area (Å²) in [5, 5.41) is 7.70. The van der Waals surface area contributed by atoms with E-state index in [4.69, 9.17) is 4.74 Å². The summed E-state index contributed by atoms with van der Waals surface area (Å²) in [7, 11) is 1.54. The number of imide groups is 2. The molecule has 3 rings (SSSR count). The van der Waals surface area contributed by atoms with Crippen molar-refractivity contribution in [1.82, 2.24) is 20.9 Å². The first-order valence-electron chi connectivity index (χ1n) is 10.3. The van der Waals surface area contributed by atoms with Crippen molar-refractivity contribution in [2.75, 3.05) is 13.7 Å². The van der Waals surface area contributed by atoms with Gasteiger partial charge in [-0.05, 0) is 37.0 Å². The lowest BCUT2D eigenvalue weighted by Crippen LogP contribution is -2.49. The Hall–Kier alpha value is -3.10. The molecule has 1 aliphatic carbocycles. The topological polar surface area (TPSA) is 117 Å². The zero-order chi connectivity index (χ0) is 21.7. The molecule has 6 amide bonds. The van der Waals surface area contributed by atoms with Gasteiger partial charge in [0.1, 0.15) is 17.8 Å². The first kappa shape index (κ1) is 21.6. The molecule has 0 aromatic heterocycles. The molecule has 0 unspecified atom stereocenters. The average Bonchev–Trinajstić information content (AvgIpc) is 2.99. The van der Waals surface area contributed by atoms with Crippen LogP contribution in [0.25, 0.3) is 0 Å². The third-order valence-electron chi connectivity index (χ3n) is 5.78. The minimum atomic E-state index is -1.26. The summed E-state index contributed by atoms with van der Waals surface area (Å²) in [5.74, 6) is -0.613. The number of hydrogen-bond donors (Lipinski definition) is 3. The molecule has 9 heteroatoms. The van der Waals surface area contributed by atoms with E-state index < -0.39 is 36.0 Å². The summed E-state index contributed by atoms with van der Waals surface area (Å²) in [6, 6.07) is 5.61. The van der Waals surface area contributed by atoms with Crippen molar-refractivity contribution < 1.29 is 23.9 Å². The molecule has 3 N–H and O–H groups in total. The maximum atomic E-state index is 13.1. The third kappa shape index (κ3) is 4.39. The van der Waals surface area contributed by atoms with Crippen LogP contribution in [-0.4, -0.2) is 48.5 Å². The van der Waals surface area contributed by atoms with Gasteiger partial charge in [-0.2, -0.15) is 0 Å². The minimum absolute atomic E-state index is 0.0473. The van der Waals surface area contributed by atoms with Gasteiger partial charge in [-0.1, -0.05) is 38.3 Å². The fourth-order valence-corrected chi connectivity index (χ4v) is 4.06. The normalized spacial score (nSPS) is 21.9. The van der Waals surface area contributed by atoms with Crippen LogP contribution in [0.1, 0.15) is 51.0 Å². The number of carbonyl (C=O) groups is 4. The average molecular weight is 416 g/mol. The molecule has 9 nitrogen and oxygen atoms in total. The van der Waals surface area contributed by atoms with Gasteiger partial charge in [-0.15, -0.1) is 0 Å². The Balaban J connectivity index is 1.64. The zero-order valence-corrected chi connectivity index (χ0v) is 17.3. The van der Waals surface area contributed by atoms with Gasteiger partial charge in [0, 0.05) is 6.04 Å². The van der Waals surface area contributed by atoms with E-state index >= 15 is 0 Å². The Morgan fingerprint density at radius 1 is 1.17 bits per heavy atom. The highest BCUT2D eigenvalue weighted by Gasteiger charge is 2.51. The highest BCUT2D eigenvalue weighted by Crippen LogP contribution is 2.33. The lowest BCUT2D eigenvalue weighted by atomic mass is 9.87. The molecule has 0 spiro atoms. The monoisotopic (exact) mass is 416 g/mol. The summed E-state index contributed by atoms with van der Waals surface area (Å²) in [5.41, 5.74) is -0.657. The van der Waals surface area contributed by atoms with Gasteiger partial charge in [-0.3, -0.25) is 19.8 Å². The fraction of sp³-hybridized carbons (Fsp3) is 0.524. The summed E-state index contributed by atoms with van der Waals surface area (Å²) in [6.07, 6.45) is 5.32. The number of methoxy groups -OCH3 is 1. The molecular formula is C21H28N4O5. The Kier molecular flexibility index (Phi) is 6.59. The van der Waals surface area contributed by atoms with E-state index in [2.05, 4.69) is 16.0 Å². The quantitative estimate of drug-likeness (QED) is 0.614. The molecule has 1 heterocycles. The second-order valence-corrected chi connectivity index (χ2v) is 7.67. The van der Waals surface area contributed by atoms with E-state index in [1.165, 1.54) is 7.11 Å². The number of rotatable bonds is 6. The Morgan fingerprint density at radius 3 is 2.43 bits per heavy atom. The first-order valence-corrected chi connectivity index (χ1v) is 10.3. The number of benzene rings is 1. The molecule has 2 fully saturated rings. The van der Waals surface area contributed by atoms with Gasteiger partial charge in [0.25, 0.3) is 5.91 Å². The Morgan fingerprint density at radius 2 is 1.83 bits per heavy atom. The largest absolute Gasteiger partial charge is 0.497 e. The molecule has 0 radical (unpaired) electrons. The molecule has 1 saturated heterocycles. The van der Waals surface area contributed by atoms with Gasteiger partial charge < -0.3 is 15.4 Å². The van der Waals surface area contributed by atoms with Gasteiger partial charge in [-0.25, -0.2) is 9.59 Å². The number of nitrogens with zero attached hydrogens (tertiary/aromatic N) is 1. The summed E-state index contributed by atoms with van der Waals surface area (Å²) in [6.45, 7) is 1.25. The van der Waals surface area contributed by atoms with E-state index in [0.717, 1.165) is 37.0 Å². The number of carbonyl (C=O) groups excluding carboxylic acids is 4. The number of nitrogens with one attached hydrogen (secondary N) is 3. The smallest absolute Gasteiger partial charge is 0.325 e. The number of urea groups is 2. The highest BCUT2D eigenvalue weighted by molar-refractivity contribution is 6.10. The lowest BCUT2D eigenvalue weighted by molar-refractivity contribution is -0.135. The summed E-state index contributed by atoms with van der Waals surface area (Å²) >= 11 is 0. The molecule has 1 saturated carbocycles. The summed E-state index contributed by atoms with van der Waals surface area (Å²) < 4.78 is 5.14. The molecule has 1 atom stereocenters. The molecule has 2 aliphatic rings. The maximum absolute atomic E-state index is 13.1. The van der Waals surface area contributed by atoms with Crippen molar-refractivity contribution >= 4 is 23.9 Å². The standard InChI is InChI=1S/C21H28N4O5/c1-3-21(14-9-11-16(30-2)12-10-14)18(27)25(20(29)24-21)13-17(26)23-19(28)22-15-7-5-4-6-8-15/h9-12,15H,3-8,13H2,1-2H3,(H,24,29)(H2,22,23,26,28)/t21-/m0/s1. The second-order valence-electron chi connectivity index (χ2n) is 7.67. The van der Waals surface area contributed by atoms with Crippen molar-refractivity contribution in [1.29, 1.82) is 0 Å². The van der Waals surface area contributed by atoms with Crippen LogP contribution in [0, 0.1) is 0 Å². The van der Waals surface area contributed by atoms with Gasteiger partial charge in [0.15, 0.2) is 0 Å². The number of hydrogen-bond acceptors (Lipinski definition) is 5. The maximum Gasteiger partial charge on any atom is 0.325 e. The number of ether oxygens (including phenoxy) is 1. The molecule has 162 valence electrons. The van der Waals surface area contributed by atoms with E-state index in [1.54, 1.807) is 31.2 Å². The van der Waals surface area contributed by atoms with Gasteiger partial charge in [0.05, 0.1) is 7.11 Å². The van der Waals surface area contributed by atoms with Gasteiger partial charge >= 0.3 is 12.1 Å². The van der Waals surface area contributed by atoms with Crippen LogP contribution in [-0.2, 0) is 15.1 Å². The molecule has 30 heavy (non-hydrogen) atoms. The van der Waals surface area contributed by atoms with Crippen LogP contribution in [0.5, 0.6) is 5.75 Å². The van der Waals surface area contributed by atoms with Crippen molar-refractivity contribution in [3.63, 3.8) is 0 Å².